The minimum absolute atomic E-state index is 0.199. The van der Waals surface area contributed by atoms with Crippen LogP contribution in [0.1, 0.15) is 181 Å². The first-order valence-electron chi connectivity index (χ1n) is 19.9. The molecule has 0 aliphatic rings. The summed E-state index contributed by atoms with van der Waals surface area (Å²) in [6.45, 7) is 3.60. The number of ether oxygens (including phenoxy) is 2. The van der Waals surface area contributed by atoms with E-state index in [1.807, 2.05) is 0 Å². The second-order valence-electron chi connectivity index (χ2n) is 13.2. The molecule has 0 fully saturated rings. The van der Waals surface area contributed by atoms with Crippen LogP contribution in [0.3, 0.4) is 0 Å². The lowest BCUT2D eigenvalue weighted by atomic mass is 10.1. The molecular formula is C41H73O8P. The largest absolute Gasteiger partial charge is 0.469 e. The highest BCUT2D eigenvalue weighted by molar-refractivity contribution is 7.46. The van der Waals surface area contributed by atoms with E-state index in [4.69, 9.17) is 19.3 Å². The van der Waals surface area contributed by atoms with Gasteiger partial charge in [0.25, 0.3) is 0 Å². The van der Waals surface area contributed by atoms with Gasteiger partial charge in [0, 0.05) is 12.8 Å². The van der Waals surface area contributed by atoms with Crippen molar-refractivity contribution < 1.29 is 37.9 Å². The lowest BCUT2D eigenvalue weighted by Gasteiger charge is -2.18. The van der Waals surface area contributed by atoms with E-state index < -0.39 is 32.5 Å². The van der Waals surface area contributed by atoms with Crippen LogP contribution >= 0.6 is 7.82 Å². The quantitative estimate of drug-likeness (QED) is 0.0284. The van der Waals surface area contributed by atoms with E-state index in [2.05, 4.69) is 67.0 Å². The zero-order valence-electron chi connectivity index (χ0n) is 31.8. The van der Waals surface area contributed by atoms with Crippen molar-refractivity contribution in [3.05, 3.63) is 48.6 Å². The highest BCUT2D eigenvalue weighted by atomic mass is 31.2. The zero-order chi connectivity index (χ0) is 36.8. The zero-order valence-corrected chi connectivity index (χ0v) is 32.7. The number of carbonyl (C=O) groups is 2. The molecule has 50 heavy (non-hydrogen) atoms. The van der Waals surface area contributed by atoms with Crippen LogP contribution in [0.15, 0.2) is 48.6 Å². The Labute approximate surface area is 305 Å². The minimum Gasteiger partial charge on any atom is -0.462 e. The Morgan fingerprint density at radius 2 is 0.920 bits per heavy atom. The van der Waals surface area contributed by atoms with E-state index in [1.165, 1.54) is 64.2 Å². The number of hydrogen-bond acceptors (Lipinski definition) is 6. The third-order valence-corrected chi connectivity index (χ3v) is 8.81. The second-order valence-corrected chi connectivity index (χ2v) is 14.5. The highest BCUT2D eigenvalue weighted by Gasteiger charge is 2.22. The Morgan fingerprint density at radius 3 is 1.38 bits per heavy atom. The van der Waals surface area contributed by atoms with Crippen LogP contribution < -0.4 is 0 Å². The lowest BCUT2D eigenvalue weighted by Crippen LogP contribution is -2.29. The standard InChI is InChI=1S/C41H73O8P/c1-3-5-7-9-11-13-15-17-19-20-21-22-24-26-28-30-32-34-36-41(43)49-39(38-48-50(44,45)46)37-47-40(42)35-33-31-29-27-25-23-18-16-14-12-10-8-6-4-2/h10,12-13,15-16,18-20,39H,3-9,11,14,17,21-38H2,1-2H3,(H2,44,45,46)/b12-10-,15-13-,18-16-,20-19-. The third kappa shape index (κ3) is 38.8. The van der Waals surface area contributed by atoms with E-state index in [0.717, 1.165) is 77.0 Å². The van der Waals surface area contributed by atoms with Crippen LogP contribution in [0, 0.1) is 0 Å². The van der Waals surface area contributed by atoms with Crippen LogP contribution in [-0.2, 0) is 28.2 Å². The molecule has 0 aliphatic heterocycles. The smallest absolute Gasteiger partial charge is 0.462 e. The van der Waals surface area contributed by atoms with Crippen LogP contribution in [0.4, 0.5) is 0 Å². The number of unbranched alkanes of at least 4 members (excludes halogenated alkanes) is 18. The summed E-state index contributed by atoms with van der Waals surface area (Å²) >= 11 is 0. The van der Waals surface area contributed by atoms with Gasteiger partial charge in [0.15, 0.2) is 6.10 Å². The molecule has 0 spiro atoms. The fraction of sp³-hybridized carbons (Fsp3) is 0.756. The van der Waals surface area contributed by atoms with Crippen LogP contribution in [0.25, 0.3) is 0 Å². The number of allylic oxidation sites excluding steroid dienone is 8. The Balaban J connectivity index is 3.98. The van der Waals surface area contributed by atoms with Crippen molar-refractivity contribution in [3.63, 3.8) is 0 Å². The maximum atomic E-state index is 12.4. The molecular weight excluding hydrogens is 651 g/mol. The lowest BCUT2D eigenvalue weighted by molar-refractivity contribution is -0.161. The van der Waals surface area contributed by atoms with E-state index in [0.29, 0.717) is 12.8 Å². The molecule has 0 saturated heterocycles. The molecule has 0 aliphatic carbocycles. The number of hydrogen-bond donors (Lipinski definition) is 2. The van der Waals surface area contributed by atoms with Gasteiger partial charge in [0.1, 0.15) is 6.61 Å². The van der Waals surface area contributed by atoms with Gasteiger partial charge in [-0.1, -0.05) is 146 Å². The van der Waals surface area contributed by atoms with Crippen molar-refractivity contribution in [2.75, 3.05) is 13.2 Å². The highest BCUT2D eigenvalue weighted by Crippen LogP contribution is 2.36. The fourth-order valence-electron chi connectivity index (χ4n) is 5.30. The van der Waals surface area contributed by atoms with Crippen LogP contribution in [0.2, 0.25) is 0 Å². The normalized spacial score (nSPS) is 13.0. The van der Waals surface area contributed by atoms with Crippen molar-refractivity contribution in [1.82, 2.24) is 0 Å². The van der Waals surface area contributed by atoms with Crippen molar-refractivity contribution in [1.29, 1.82) is 0 Å². The molecule has 0 aromatic rings. The van der Waals surface area contributed by atoms with Crippen molar-refractivity contribution in [2.24, 2.45) is 0 Å². The molecule has 0 radical (unpaired) electrons. The number of phosphoric ester groups is 1. The summed E-state index contributed by atoms with van der Waals surface area (Å²) in [5.41, 5.74) is 0. The van der Waals surface area contributed by atoms with Crippen LogP contribution in [-0.4, -0.2) is 41.0 Å². The molecule has 0 rings (SSSR count). The molecule has 0 aromatic heterocycles. The van der Waals surface area contributed by atoms with Gasteiger partial charge in [-0.2, -0.15) is 0 Å². The first-order valence-corrected chi connectivity index (χ1v) is 21.5. The average Bonchev–Trinajstić information content (AvgIpc) is 3.08. The first kappa shape index (κ1) is 48.0. The molecule has 1 unspecified atom stereocenters. The van der Waals surface area contributed by atoms with Crippen molar-refractivity contribution in [3.8, 4) is 0 Å². The summed E-state index contributed by atoms with van der Waals surface area (Å²) in [7, 11) is -4.76. The number of phosphoric acid groups is 1. The molecule has 0 saturated carbocycles. The monoisotopic (exact) mass is 725 g/mol. The van der Waals surface area contributed by atoms with Gasteiger partial charge in [0.2, 0.25) is 0 Å². The molecule has 0 heterocycles. The number of rotatable bonds is 36. The minimum atomic E-state index is -4.76. The number of esters is 2. The summed E-state index contributed by atoms with van der Waals surface area (Å²) < 4.78 is 26.3. The van der Waals surface area contributed by atoms with Gasteiger partial charge in [0.05, 0.1) is 6.61 Å². The molecule has 0 amide bonds. The predicted octanol–water partition coefficient (Wildman–Crippen LogP) is 12.0. The van der Waals surface area contributed by atoms with Gasteiger partial charge in [-0.25, -0.2) is 4.57 Å². The Kier molecular flexibility index (Phi) is 35.3. The maximum Gasteiger partial charge on any atom is 0.469 e. The van der Waals surface area contributed by atoms with E-state index in [1.54, 1.807) is 0 Å². The van der Waals surface area contributed by atoms with Crippen molar-refractivity contribution in [2.45, 2.75) is 187 Å². The second kappa shape index (κ2) is 36.8. The van der Waals surface area contributed by atoms with Crippen molar-refractivity contribution >= 4 is 19.8 Å². The summed E-state index contributed by atoms with van der Waals surface area (Å²) in [6.07, 6.45) is 44.0. The van der Waals surface area contributed by atoms with Gasteiger partial charge >= 0.3 is 19.8 Å². The fourth-order valence-corrected chi connectivity index (χ4v) is 5.66. The van der Waals surface area contributed by atoms with Crippen LogP contribution in [0.5, 0.6) is 0 Å². The van der Waals surface area contributed by atoms with E-state index in [9.17, 15) is 14.2 Å². The molecule has 0 aromatic carbocycles. The molecule has 290 valence electrons. The summed E-state index contributed by atoms with van der Waals surface area (Å²) in [5.74, 6) is -0.911. The van der Waals surface area contributed by atoms with Gasteiger partial charge in [-0.05, 0) is 70.6 Å². The predicted molar refractivity (Wildman–Crippen MR) is 207 cm³/mol. The van der Waals surface area contributed by atoms with E-state index >= 15 is 0 Å². The molecule has 1 atom stereocenters. The molecule has 8 nitrogen and oxygen atoms in total. The molecule has 0 bridgehead atoms. The Morgan fingerprint density at radius 1 is 0.520 bits per heavy atom. The summed E-state index contributed by atoms with van der Waals surface area (Å²) in [6, 6.07) is 0. The maximum absolute atomic E-state index is 12.4. The summed E-state index contributed by atoms with van der Waals surface area (Å²) in [5, 5.41) is 0. The molecule has 2 N–H and O–H groups in total. The van der Waals surface area contributed by atoms with Gasteiger partial charge < -0.3 is 19.3 Å². The Bertz CT molecular complexity index is 952. The average molecular weight is 725 g/mol. The van der Waals surface area contributed by atoms with E-state index in [-0.39, 0.29) is 19.4 Å². The topological polar surface area (TPSA) is 119 Å². The van der Waals surface area contributed by atoms with Gasteiger partial charge in [-0.15, -0.1) is 0 Å². The Hall–Kier alpha value is -1.99. The SMILES string of the molecule is CCCC/C=C\C/C=C\CCCCCCCC(=O)OCC(COP(=O)(O)O)OC(=O)CCCCCCCCC/C=C\C/C=C\CCCCCC. The summed E-state index contributed by atoms with van der Waals surface area (Å²) in [4.78, 5) is 42.8. The number of carbonyl (C=O) groups excluding carboxylic acids is 2. The molecule has 9 heteroatoms. The first-order chi connectivity index (χ1) is 24.3. The third-order valence-electron chi connectivity index (χ3n) is 8.32. The van der Waals surface area contributed by atoms with Gasteiger partial charge in [-0.3, -0.25) is 14.1 Å².